The van der Waals surface area contributed by atoms with E-state index in [9.17, 15) is 4.79 Å². The maximum Gasteiger partial charge on any atom is 0.158 e. The molecule has 0 radical (unpaired) electrons. The molecule has 0 spiro atoms. The third-order valence-electron chi connectivity index (χ3n) is 3.48. The first kappa shape index (κ1) is 13.0. The Bertz CT molecular complexity index is 408. The van der Waals surface area contributed by atoms with E-state index < -0.39 is 0 Å². The highest BCUT2D eigenvalue weighted by Gasteiger charge is 2.11. The zero-order chi connectivity index (χ0) is 12.6. The minimum atomic E-state index is 0.322. The van der Waals surface area contributed by atoms with Gasteiger partial charge in [0, 0.05) is 18.3 Å². The van der Waals surface area contributed by atoms with E-state index in [0.29, 0.717) is 12.2 Å². The molecule has 2 heteroatoms. The van der Waals surface area contributed by atoms with Crippen molar-refractivity contribution in [2.45, 2.75) is 51.4 Å². The van der Waals surface area contributed by atoms with E-state index in [2.05, 4.69) is 11.1 Å². The number of Topliss-reactive ketones (excluding diaryl/α,β-unsaturated/α-hetero) is 1. The van der Waals surface area contributed by atoms with Crippen molar-refractivity contribution in [1.82, 2.24) is 4.98 Å². The third-order valence-corrected chi connectivity index (χ3v) is 3.48. The molecule has 2 nitrogen and oxygen atoms in total. The molecule has 0 saturated carbocycles. The molecule has 1 aromatic heterocycles. The van der Waals surface area contributed by atoms with Gasteiger partial charge in [-0.1, -0.05) is 25.0 Å². The molecule has 0 saturated heterocycles. The van der Waals surface area contributed by atoms with E-state index in [1.54, 1.807) is 6.20 Å². The summed E-state index contributed by atoms with van der Waals surface area (Å²) in [6.07, 6.45) is 12.3. The highest BCUT2D eigenvalue weighted by Crippen LogP contribution is 2.19. The Morgan fingerprint density at radius 1 is 1.17 bits per heavy atom. The second-order valence-electron chi connectivity index (χ2n) is 4.93. The van der Waals surface area contributed by atoms with Crippen LogP contribution in [0.4, 0.5) is 0 Å². The highest BCUT2D eigenvalue weighted by molar-refractivity contribution is 5.95. The van der Waals surface area contributed by atoms with Crippen LogP contribution in [0, 0.1) is 0 Å². The number of carbonyl (C=O) groups excluding carboxylic acids is 1. The number of allylic oxidation sites excluding steroid dienone is 2. The molecule has 0 atom stereocenters. The molecule has 1 aromatic rings. The summed E-state index contributed by atoms with van der Waals surface area (Å²) in [4.78, 5) is 16.4. The average Bonchev–Trinajstić information content (AvgIpc) is 2.37. The van der Waals surface area contributed by atoms with Gasteiger partial charge in [-0.05, 0) is 49.8 Å². The molecule has 1 aliphatic rings. The number of rotatable bonds is 4. The van der Waals surface area contributed by atoms with Gasteiger partial charge in [0.05, 0.1) is 0 Å². The summed E-state index contributed by atoms with van der Waals surface area (Å²) in [5, 5.41) is 0. The molecule has 2 rings (SSSR count). The Morgan fingerprint density at radius 3 is 2.89 bits per heavy atom. The van der Waals surface area contributed by atoms with Crippen molar-refractivity contribution in [3.05, 3.63) is 41.7 Å². The number of ketones is 1. The van der Waals surface area contributed by atoms with Crippen LogP contribution in [-0.2, 0) is 11.2 Å². The van der Waals surface area contributed by atoms with Crippen molar-refractivity contribution in [3.8, 4) is 0 Å². The second kappa shape index (κ2) is 7.10. The summed E-state index contributed by atoms with van der Waals surface area (Å²) in [6, 6.07) is 5.87. The van der Waals surface area contributed by atoms with Crippen LogP contribution in [-0.4, -0.2) is 10.8 Å². The standard InChI is InChI=1S/C16H21NO/c18-16(12-11-15-10-6-7-13-17-15)14-8-4-2-1-3-5-9-14/h6-8,10,13H,1-5,9,11-12H2/b14-8+. The normalized spacial score (nSPS) is 19.4. The van der Waals surface area contributed by atoms with Crippen LogP contribution < -0.4 is 0 Å². The lowest BCUT2D eigenvalue weighted by molar-refractivity contribution is -0.115. The van der Waals surface area contributed by atoms with Gasteiger partial charge >= 0.3 is 0 Å². The van der Waals surface area contributed by atoms with Crippen molar-refractivity contribution in [3.63, 3.8) is 0 Å². The van der Waals surface area contributed by atoms with Crippen LogP contribution in [0.2, 0.25) is 0 Å². The average molecular weight is 243 g/mol. The van der Waals surface area contributed by atoms with Crippen LogP contribution in [0.3, 0.4) is 0 Å². The predicted octanol–water partition coefficient (Wildman–Crippen LogP) is 3.86. The maximum absolute atomic E-state index is 12.1. The molecule has 18 heavy (non-hydrogen) atoms. The Balaban J connectivity index is 1.87. The van der Waals surface area contributed by atoms with Gasteiger partial charge in [0.25, 0.3) is 0 Å². The first-order chi connectivity index (χ1) is 8.86. The molecule has 1 aliphatic carbocycles. The molecule has 96 valence electrons. The van der Waals surface area contributed by atoms with E-state index in [-0.39, 0.29) is 0 Å². The fraction of sp³-hybridized carbons (Fsp3) is 0.500. The Hall–Kier alpha value is -1.44. The predicted molar refractivity (Wildman–Crippen MR) is 73.4 cm³/mol. The first-order valence-corrected chi connectivity index (χ1v) is 6.98. The Kier molecular flexibility index (Phi) is 5.13. The second-order valence-corrected chi connectivity index (χ2v) is 4.93. The van der Waals surface area contributed by atoms with Gasteiger partial charge in [0.2, 0.25) is 0 Å². The number of aryl methyl sites for hydroxylation is 1. The summed E-state index contributed by atoms with van der Waals surface area (Å²) in [6.45, 7) is 0. The molecule has 0 bridgehead atoms. The first-order valence-electron chi connectivity index (χ1n) is 6.98. The van der Waals surface area contributed by atoms with Crippen molar-refractivity contribution in [2.75, 3.05) is 0 Å². The van der Waals surface area contributed by atoms with Crippen LogP contribution in [0.15, 0.2) is 36.0 Å². The van der Waals surface area contributed by atoms with Crippen LogP contribution in [0.1, 0.15) is 50.6 Å². The monoisotopic (exact) mass is 243 g/mol. The minimum Gasteiger partial charge on any atom is -0.295 e. The molecule has 0 unspecified atom stereocenters. The van der Waals surface area contributed by atoms with Crippen molar-refractivity contribution in [2.24, 2.45) is 0 Å². The lowest BCUT2D eigenvalue weighted by Crippen LogP contribution is -2.06. The van der Waals surface area contributed by atoms with Gasteiger partial charge in [0.15, 0.2) is 5.78 Å². The molecular formula is C16H21NO. The fourth-order valence-corrected chi connectivity index (χ4v) is 2.39. The van der Waals surface area contributed by atoms with Crippen molar-refractivity contribution >= 4 is 5.78 Å². The van der Waals surface area contributed by atoms with E-state index >= 15 is 0 Å². The molecule has 0 aromatic carbocycles. The maximum atomic E-state index is 12.1. The van der Waals surface area contributed by atoms with Crippen LogP contribution in [0.25, 0.3) is 0 Å². The minimum absolute atomic E-state index is 0.322. The van der Waals surface area contributed by atoms with Gasteiger partial charge in [-0.15, -0.1) is 0 Å². The highest BCUT2D eigenvalue weighted by atomic mass is 16.1. The van der Waals surface area contributed by atoms with Crippen LogP contribution >= 0.6 is 0 Å². The largest absolute Gasteiger partial charge is 0.295 e. The topological polar surface area (TPSA) is 30.0 Å². The number of carbonyl (C=O) groups is 1. The SMILES string of the molecule is O=C(CCc1ccccn1)/C1=C/CCCCCC1. The summed E-state index contributed by atoms with van der Waals surface area (Å²) in [5.41, 5.74) is 2.07. The summed E-state index contributed by atoms with van der Waals surface area (Å²) in [7, 11) is 0. The summed E-state index contributed by atoms with van der Waals surface area (Å²) < 4.78 is 0. The van der Waals surface area contributed by atoms with E-state index in [4.69, 9.17) is 0 Å². The van der Waals surface area contributed by atoms with Crippen molar-refractivity contribution in [1.29, 1.82) is 0 Å². The van der Waals surface area contributed by atoms with E-state index in [1.807, 2.05) is 18.2 Å². The van der Waals surface area contributed by atoms with E-state index in [0.717, 1.165) is 30.5 Å². The number of pyridine rings is 1. The number of aromatic nitrogens is 1. The van der Waals surface area contributed by atoms with Gasteiger partial charge in [-0.3, -0.25) is 9.78 Å². The zero-order valence-electron chi connectivity index (χ0n) is 10.9. The molecule has 0 amide bonds. The number of hydrogen-bond acceptors (Lipinski definition) is 2. The van der Waals surface area contributed by atoms with Gasteiger partial charge in [-0.2, -0.15) is 0 Å². The summed E-state index contributed by atoms with van der Waals surface area (Å²) in [5.74, 6) is 0.322. The van der Waals surface area contributed by atoms with Gasteiger partial charge in [0.1, 0.15) is 0 Å². The molecule has 0 fully saturated rings. The molecule has 0 N–H and O–H groups in total. The van der Waals surface area contributed by atoms with Gasteiger partial charge in [-0.25, -0.2) is 0 Å². The molecular weight excluding hydrogens is 222 g/mol. The van der Waals surface area contributed by atoms with Gasteiger partial charge < -0.3 is 0 Å². The quantitative estimate of drug-likeness (QED) is 0.803. The Morgan fingerprint density at radius 2 is 2.06 bits per heavy atom. The lowest BCUT2D eigenvalue weighted by atomic mass is 9.95. The fourth-order valence-electron chi connectivity index (χ4n) is 2.39. The molecule has 1 heterocycles. The number of hydrogen-bond donors (Lipinski definition) is 0. The number of nitrogens with zero attached hydrogens (tertiary/aromatic N) is 1. The van der Waals surface area contributed by atoms with E-state index in [1.165, 1.54) is 25.7 Å². The summed E-state index contributed by atoms with van der Waals surface area (Å²) >= 11 is 0. The third kappa shape index (κ3) is 4.10. The smallest absolute Gasteiger partial charge is 0.158 e. The molecule has 0 aliphatic heterocycles. The lowest BCUT2D eigenvalue weighted by Gasteiger charge is -2.10. The van der Waals surface area contributed by atoms with Crippen molar-refractivity contribution < 1.29 is 4.79 Å². The zero-order valence-corrected chi connectivity index (χ0v) is 10.9. The Labute approximate surface area is 109 Å². The van der Waals surface area contributed by atoms with Crippen LogP contribution in [0.5, 0.6) is 0 Å².